The number of sulfonamides is 1. The summed E-state index contributed by atoms with van der Waals surface area (Å²) in [4.78, 5) is -0.434. The van der Waals surface area contributed by atoms with Crippen LogP contribution in [0.3, 0.4) is 0 Å². The van der Waals surface area contributed by atoms with Gasteiger partial charge < -0.3 is 5.73 Å². The minimum atomic E-state index is -3.89. The monoisotopic (exact) mass is 298 g/mol. The van der Waals surface area contributed by atoms with Crippen molar-refractivity contribution in [2.75, 3.05) is 12.3 Å². The van der Waals surface area contributed by atoms with E-state index in [4.69, 9.17) is 5.73 Å². The van der Waals surface area contributed by atoms with Gasteiger partial charge >= 0.3 is 0 Å². The average molecular weight is 298 g/mol. The van der Waals surface area contributed by atoms with Gasteiger partial charge in [-0.1, -0.05) is 0 Å². The highest BCUT2D eigenvalue weighted by atomic mass is 32.2. The predicted molar refractivity (Wildman–Crippen MR) is 72.8 cm³/mol. The van der Waals surface area contributed by atoms with Crippen LogP contribution in [0.2, 0.25) is 0 Å². The first kappa shape index (κ1) is 14.5. The van der Waals surface area contributed by atoms with E-state index >= 15 is 0 Å². The molecule has 0 aliphatic carbocycles. The Labute approximate surface area is 116 Å². The lowest BCUT2D eigenvalue weighted by molar-refractivity contribution is 0.542. The molecule has 1 heterocycles. The number of nitrogens with zero attached hydrogens (tertiary/aromatic N) is 2. The Kier molecular flexibility index (Phi) is 4.35. The minimum absolute atomic E-state index is 0.191. The highest BCUT2D eigenvalue weighted by Gasteiger charge is 2.18. The molecule has 2 rings (SSSR count). The first-order chi connectivity index (χ1) is 9.49. The molecule has 1 aromatic heterocycles. The lowest BCUT2D eigenvalue weighted by Gasteiger charge is -2.08. The van der Waals surface area contributed by atoms with E-state index in [1.807, 2.05) is 0 Å². The van der Waals surface area contributed by atoms with E-state index in [1.54, 1.807) is 23.1 Å². The fourth-order valence-electron chi connectivity index (χ4n) is 1.68. The summed E-state index contributed by atoms with van der Waals surface area (Å²) in [7, 11) is -3.89. The maximum atomic E-state index is 13.5. The number of nitrogens with one attached hydrogen (secondary N) is 1. The zero-order valence-electron chi connectivity index (χ0n) is 10.7. The second-order valence-electron chi connectivity index (χ2n) is 4.21. The van der Waals surface area contributed by atoms with Gasteiger partial charge in [-0.25, -0.2) is 17.5 Å². The summed E-state index contributed by atoms with van der Waals surface area (Å²) in [5.74, 6) is -0.821. The van der Waals surface area contributed by atoms with E-state index in [0.29, 0.717) is 13.0 Å². The van der Waals surface area contributed by atoms with Gasteiger partial charge in [-0.05, 0) is 30.7 Å². The number of nitrogens with two attached hydrogens (primary N) is 1. The summed E-state index contributed by atoms with van der Waals surface area (Å²) in [6, 6.07) is 5.23. The van der Waals surface area contributed by atoms with Crippen molar-refractivity contribution < 1.29 is 12.8 Å². The molecule has 0 atom stereocenters. The molecule has 3 N–H and O–H groups in total. The average Bonchev–Trinajstić information content (AvgIpc) is 2.90. The smallest absolute Gasteiger partial charge is 0.243 e. The van der Waals surface area contributed by atoms with E-state index in [2.05, 4.69) is 9.82 Å². The van der Waals surface area contributed by atoms with Gasteiger partial charge in [0.2, 0.25) is 10.0 Å². The molecule has 1 aromatic carbocycles. The van der Waals surface area contributed by atoms with Crippen molar-refractivity contribution in [3.63, 3.8) is 0 Å². The van der Waals surface area contributed by atoms with E-state index in [9.17, 15) is 12.8 Å². The van der Waals surface area contributed by atoms with Gasteiger partial charge in [-0.15, -0.1) is 0 Å². The van der Waals surface area contributed by atoms with Crippen molar-refractivity contribution in [2.45, 2.75) is 17.9 Å². The fraction of sp³-hybridized carbons (Fsp3) is 0.250. The topological polar surface area (TPSA) is 90.0 Å². The molecular weight excluding hydrogens is 283 g/mol. The maximum absolute atomic E-state index is 13.5. The summed E-state index contributed by atoms with van der Waals surface area (Å²) in [5, 5.41) is 4.00. The third kappa shape index (κ3) is 3.55. The Morgan fingerprint density at radius 3 is 2.90 bits per heavy atom. The molecule has 2 aromatic rings. The van der Waals surface area contributed by atoms with Crippen molar-refractivity contribution >= 4 is 15.7 Å². The number of halogens is 1. The number of aryl methyl sites for hydroxylation is 1. The van der Waals surface area contributed by atoms with Crippen molar-refractivity contribution in [1.82, 2.24) is 14.5 Å². The largest absolute Gasteiger partial charge is 0.399 e. The highest BCUT2D eigenvalue weighted by molar-refractivity contribution is 7.89. The standard InChI is InChI=1S/C12H15FN4O2S/c13-11-4-3-10(14)9-12(11)20(18,19)16-6-2-8-17-7-1-5-15-17/h1,3-5,7,9,16H,2,6,8,14H2. The van der Waals surface area contributed by atoms with Crippen LogP contribution in [-0.4, -0.2) is 24.7 Å². The number of benzene rings is 1. The summed E-state index contributed by atoms with van der Waals surface area (Å²) in [5.41, 5.74) is 5.67. The van der Waals surface area contributed by atoms with E-state index in [1.165, 1.54) is 6.07 Å². The normalized spacial score (nSPS) is 11.7. The first-order valence-corrected chi connectivity index (χ1v) is 7.49. The van der Waals surface area contributed by atoms with Crippen molar-refractivity contribution in [1.29, 1.82) is 0 Å². The Bertz CT molecular complexity index is 671. The van der Waals surface area contributed by atoms with Gasteiger partial charge in [0.1, 0.15) is 10.7 Å². The second-order valence-corrected chi connectivity index (χ2v) is 5.95. The van der Waals surface area contributed by atoms with Gasteiger partial charge in [-0.2, -0.15) is 5.10 Å². The molecular formula is C12H15FN4O2S. The molecule has 0 aliphatic rings. The van der Waals surface area contributed by atoms with Crippen LogP contribution in [0.25, 0.3) is 0 Å². The van der Waals surface area contributed by atoms with Crippen LogP contribution >= 0.6 is 0 Å². The molecule has 20 heavy (non-hydrogen) atoms. The van der Waals surface area contributed by atoms with Crippen LogP contribution in [0.15, 0.2) is 41.6 Å². The summed E-state index contributed by atoms with van der Waals surface area (Å²) in [6.07, 6.45) is 3.98. The van der Waals surface area contributed by atoms with Crippen LogP contribution in [0.1, 0.15) is 6.42 Å². The SMILES string of the molecule is Nc1ccc(F)c(S(=O)(=O)NCCCn2cccn2)c1. The number of hydrogen-bond acceptors (Lipinski definition) is 4. The molecule has 6 nitrogen and oxygen atoms in total. The minimum Gasteiger partial charge on any atom is -0.399 e. The Morgan fingerprint density at radius 2 is 2.20 bits per heavy atom. The zero-order valence-corrected chi connectivity index (χ0v) is 11.5. The highest BCUT2D eigenvalue weighted by Crippen LogP contribution is 2.17. The molecule has 0 unspecified atom stereocenters. The fourth-order valence-corrected chi connectivity index (χ4v) is 2.87. The van der Waals surface area contributed by atoms with Gasteiger partial charge in [0.15, 0.2) is 0 Å². The molecule has 0 saturated heterocycles. The van der Waals surface area contributed by atoms with Gasteiger partial charge in [0, 0.05) is 31.2 Å². The molecule has 0 bridgehead atoms. The Hall–Kier alpha value is -1.93. The van der Waals surface area contributed by atoms with E-state index in [0.717, 1.165) is 12.1 Å². The van der Waals surface area contributed by atoms with E-state index < -0.39 is 20.7 Å². The molecule has 0 amide bonds. The number of anilines is 1. The van der Waals surface area contributed by atoms with Gasteiger partial charge in [0.05, 0.1) is 0 Å². The van der Waals surface area contributed by atoms with Crippen LogP contribution in [0.5, 0.6) is 0 Å². The van der Waals surface area contributed by atoms with Crippen LogP contribution in [0.4, 0.5) is 10.1 Å². The molecule has 0 spiro atoms. The van der Waals surface area contributed by atoms with Crippen molar-refractivity contribution in [3.8, 4) is 0 Å². The molecule has 108 valence electrons. The van der Waals surface area contributed by atoms with Crippen LogP contribution in [-0.2, 0) is 16.6 Å². The lowest BCUT2D eigenvalue weighted by Crippen LogP contribution is -2.26. The molecule has 0 fully saturated rings. The summed E-state index contributed by atoms with van der Waals surface area (Å²) < 4.78 is 41.4. The molecule has 0 aliphatic heterocycles. The third-order valence-electron chi connectivity index (χ3n) is 2.66. The predicted octanol–water partition coefficient (Wildman–Crippen LogP) is 0.973. The van der Waals surface area contributed by atoms with Gasteiger partial charge in [-0.3, -0.25) is 4.68 Å². The second kappa shape index (κ2) is 6.02. The zero-order chi connectivity index (χ0) is 14.6. The van der Waals surface area contributed by atoms with Crippen molar-refractivity contribution in [3.05, 3.63) is 42.5 Å². The third-order valence-corrected chi connectivity index (χ3v) is 4.14. The number of nitrogen functional groups attached to an aromatic ring is 1. The first-order valence-electron chi connectivity index (χ1n) is 6.01. The maximum Gasteiger partial charge on any atom is 0.243 e. The lowest BCUT2D eigenvalue weighted by atomic mass is 10.3. The molecule has 0 saturated carbocycles. The number of aromatic nitrogens is 2. The Balaban J connectivity index is 1.95. The summed E-state index contributed by atoms with van der Waals surface area (Å²) in [6.45, 7) is 0.769. The van der Waals surface area contributed by atoms with Crippen LogP contribution in [0, 0.1) is 5.82 Å². The number of hydrogen-bond donors (Lipinski definition) is 2. The summed E-state index contributed by atoms with van der Waals surface area (Å²) >= 11 is 0. The Morgan fingerprint density at radius 1 is 1.40 bits per heavy atom. The van der Waals surface area contributed by atoms with Crippen molar-refractivity contribution in [2.24, 2.45) is 0 Å². The molecule has 0 radical (unpaired) electrons. The van der Waals surface area contributed by atoms with Crippen LogP contribution < -0.4 is 10.5 Å². The van der Waals surface area contributed by atoms with Gasteiger partial charge in [0.25, 0.3) is 0 Å². The quantitative estimate of drug-likeness (QED) is 0.614. The number of rotatable bonds is 6. The molecule has 8 heteroatoms. The van der Waals surface area contributed by atoms with E-state index in [-0.39, 0.29) is 12.2 Å².